The normalized spacial score (nSPS) is 19.9. The Morgan fingerprint density at radius 3 is 2.67 bits per heavy atom. The number of nitrogens with two attached hydrogens (primary N) is 1. The SMILES string of the molecule is CC1(C)C[C@H](N)C[C@H](c2ccncc2CC(=O)c2ccc(F)c(-c3ccc(O)cc3F)n2)C1. The molecule has 1 aliphatic rings. The monoisotopic (exact) mass is 451 g/mol. The highest BCUT2D eigenvalue weighted by atomic mass is 19.1. The predicted molar refractivity (Wildman–Crippen MR) is 122 cm³/mol. The molecule has 0 spiro atoms. The summed E-state index contributed by atoms with van der Waals surface area (Å²) in [6.07, 6.45) is 6.21. The minimum Gasteiger partial charge on any atom is -0.508 e. The van der Waals surface area contributed by atoms with Gasteiger partial charge in [0.05, 0.1) is 0 Å². The third-order valence-electron chi connectivity index (χ3n) is 6.27. The molecule has 172 valence electrons. The van der Waals surface area contributed by atoms with Gasteiger partial charge in [-0.2, -0.15) is 0 Å². The zero-order chi connectivity index (χ0) is 23.8. The quantitative estimate of drug-likeness (QED) is 0.522. The number of phenolic OH excluding ortho intramolecular Hbond substituents is 1. The van der Waals surface area contributed by atoms with Crippen LogP contribution < -0.4 is 5.73 Å². The van der Waals surface area contributed by atoms with Gasteiger partial charge in [-0.25, -0.2) is 13.8 Å². The Kier molecular flexibility index (Phi) is 6.26. The maximum Gasteiger partial charge on any atom is 0.185 e. The maximum absolute atomic E-state index is 14.4. The summed E-state index contributed by atoms with van der Waals surface area (Å²) in [4.78, 5) is 21.4. The first-order valence-corrected chi connectivity index (χ1v) is 11.0. The number of nitrogens with zero attached hydrogens (tertiary/aromatic N) is 2. The smallest absolute Gasteiger partial charge is 0.185 e. The second-order valence-corrected chi connectivity index (χ2v) is 9.63. The van der Waals surface area contributed by atoms with Crippen molar-refractivity contribution < 1.29 is 18.7 Å². The van der Waals surface area contributed by atoms with Crippen molar-refractivity contribution in [3.05, 3.63) is 77.2 Å². The summed E-state index contributed by atoms with van der Waals surface area (Å²) in [7, 11) is 0. The van der Waals surface area contributed by atoms with E-state index in [1.165, 1.54) is 18.2 Å². The molecule has 1 aliphatic carbocycles. The van der Waals surface area contributed by atoms with Crippen LogP contribution in [0.25, 0.3) is 11.3 Å². The molecular weight excluding hydrogens is 424 g/mol. The predicted octanol–water partition coefficient (Wildman–Crippen LogP) is 5.17. The first kappa shape index (κ1) is 23.0. The van der Waals surface area contributed by atoms with Crippen LogP contribution in [0.5, 0.6) is 5.75 Å². The third kappa shape index (κ3) is 5.09. The molecule has 4 rings (SSSR count). The molecule has 33 heavy (non-hydrogen) atoms. The molecule has 3 N–H and O–H groups in total. The summed E-state index contributed by atoms with van der Waals surface area (Å²) in [6.45, 7) is 4.41. The van der Waals surface area contributed by atoms with Gasteiger partial charge in [0.25, 0.3) is 0 Å². The molecule has 2 heterocycles. The van der Waals surface area contributed by atoms with Crippen LogP contribution >= 0.6 is 0 Å². The fraction of sp³-hybridized carbons (Fsp3) is 0.346. The number of carbonyl (C=O) groups is 1. The number of carbonyl (C=O) groups excluding carboxylic acids is 1. The summed E-state index contributed by atoms with van der Waals surface area (Å²) < 4.78 is 28.7. The van der Waals surface area contributed by atoms with Gasteiger partial charge in [0.15, 0.2) is 5.78 Å². The topological polar surface area (TPSA) is 89.1 Å². The Hall–Kier alpha value is -3.19. The molecule has 3 aromatic rings. The molecule has 1 aromatic carbocycles. The van der Waals surface area contributed by atoms with E-state index in [2.05, 4.69) is 23.8 Å². The van der Waals surface area contributed by atoms with Crippen LogP contribution in [-0.4, -0.2) is 26.9 Å². The van der Waals surface area contributed by atoms with Crippen LogP contribution in [-0.2, 0) is 6.42 Å². The molecule has 0 aliphatic heterocycles. The number of hydrogen-bond acceptors (Lipinski definition) is 5. The third-order valence-corrected chi connectivity index (χ3v) is 6.27. The number of benzene rings is 1. The number of Topliss-reactive ketones (excluding diaryl/α,β-unsaturated/α-hetero) is 1. The second-order valence-electron chi connectivity index (χ2n) is 9.63. The van der Waals surface area contributed by atoms with Crippen molar-refractivity contribution in [3.8, 4) is 17.0 Å². The number of rotatable bonds is 5. The molecule has 1 fully saturated rings. The maximum atomic E-state index is 14.4. The van der Waals surface area contributed by atoms with Crippen molar-refractivity contribution in [1.82, 2.24) is 9.97 Å². The van der Waals surface area contributed by atoms with Crippen LogP contribution in [0.1, 0.15) is 60.6 Å². The highest BCUT2D eigenvalue weighted by Crippen LogP contribution is 2.43. The number of aromatic nitrogens is 2. The largest absolute Gasteiger partial charge is 0.508 e. The lowest BCUT2D eigenvalue weighted by molar-refractivity contribution is 0.0987. The number of aromatic hydroxyl groups is 1. The number of halogens is 2. The minimum atomic E-state index is -0.822. The van der Waals surface area contributed by atoms with Crippen molar-refractivity contribution in [2.24, 2.45) is 11.1 Å². The van der Waals surface area contributed by atoms with E-state index in [0.29, 0.717) is 0 Å². The average molecular weight is 452 g/mol. The van der Waals surface area contributed by atoms with Crippen molar-refractivity contribution in [1.29, 1.82) is 0 Å². The van der Waals surface area contributed by atoms with Crippen LogP contribution in [0.4, 0.5) is 8.78 Å². The summed E-state index contributed by atoms with van der Waals surface area (Å²) in [6, 6.07) is 7.80. The number of hydrogen-bond donors (Lipinski definition) is 2. The number of pyridine rings is 2. The lowest BCUT2D eigenvalue weighted by atomic mass is 9.68. The van der Waals surface area contributed by atoms with Crippen LogP contribution in [0.15, 0.2) is 48.8 Å². The highest BCUT2D eigenvalue weighted by Gasteiger charge is 2.34. The molecule has 0 saturated heterocycles. The molecule has 1 saturated carbocycles. The van der Waals surface area contributed by atoms with E-state index in [0.717, 1.165) is 42.5 Å². The Morgan fingerprint density at radius 1 is 1.15 bits per heavy atom. The van der Waals surface area contributed by atoms with Gasteiger partial charge < -0.3 is 10.8 Å². The summed E-state index contributed by atoms with van der Waals surface area (Å²) in [5, 5.41) is 9.42. The highest BCUT2D eigenvalue weighted by molar-refractivity contribution is 5.96. The van der Waals surface area contributed by atoms with Gasteiger partial charge in [-0.3, -0.25) is 9.78 Å². The van der Waals surface area contributed by atoms with Crippen molar-refractivity contribution in [2.45, 2.75) is 51.5 Å². The first-order chi connectivity index (χ1) is 15.6. The van der Waals surface area contributed by atoms with Gasteiger partial charge in [0.2, 0.25) is 0 Å². The molecule has 0 radical (unpaired) electrons. The first-order valence-electron chi connectivity index (χ1n) is 11.0. The van der Waals surface area contributed by atoms with E-state index >= 15 is 0 Å². The van der Waals surface area contributed by atoms with Crippen LogP contribution in [0.3, 0.4) is 0 Å². The van der Waals surface area contributed by atoms with E-state index < -0.39 is 11.6 Å². The Bertz CT molecular complexity index is 1200. The van der Waals surface area contributed by atoms with Crippen molar-refractivity contribution in [3.63, 3.8) is 0 Å². The van der Waals surface area contributed by atoms with Gasteiger partial charge in [0.1, 0.15) is 28.8 Å². The summed E-state index contributed by atoms with van der Waals surface area (Å²) in [5.74, 6) is -1.95. The zero-order valence-electron chi connectivity index (χ0n) is 18.7. The lowest BCUT2D eigenvalue weighted by Gasteiger charge is -2.39. The van der Waals surface area contributed by atoms with Crippen molar-refractivity contribution in [2.75, 3.05) is 0 Å². The van der Waals surface area contributed by atoms with Crippen LogP contribution in [0.2, 0.25) is 0 Å². The van der Waals surface area contributed by atoms with Gasteiger partial charge in [-0.1, -0.05) is 13.8 Å². The van der Waals surface area contributed by atoms with Crippen molar-refractivity contribution >= 4 is 5.78 Å². The lowest BCUT2D eigenvalue weighted by Crippen LogP contribution is -2.36. The molecule has 0 unspecified atom stereocenters. The van der Waals surface area contributed by atoms with Gasteiger partial charge in [0, 0.05) is 36.5 Å². The fourth-order valence-corrected chi connectivity index (χ4v) is 4.96. The van der Waals surface area contributed by atoms with E-state index in [-0.39, 0.29) is 52.3 Å². The van der Waals surface area contributed by atoms with Gasteiger partial charge in [-0.15, -0.1) is 0 Å². The van der Waals surface area contributed by atoms with E-state index in [4.69, 9.17) is 5.73 Å². The minimum absolute atomic E-state index is 0.0364. The molecule has 0 amide bonds. The molecule has 7 heteroatoms. The summed E-state index contributed by atoms with van der Waals surface area (Å²) in [5.41, 5.74) is 7.90. The van der Waals surface area contributed by atoms with Gasteiger partial charge >= 0.3 is 0 Å². The summed E-state index contributed by atoms with van der Waals surface area (Å²) >= 11 is 0. The van der Waals surface area contributed by atoms with Gasteiger partial charge in [-0.05, 0) is 72.1 Å². The second kappa shape index (κ2) is 8.98. The number of phenols is 1. The van der Waals surface area contributed by atoms with E-state index in [1.807, 2.05) is 6.07 Å². The molecule has 2 atom stereocenters. The average Bonchev–Trinajstić information content (AvgIpc) is 2.73. The standard InChI is InChI=1S/C26H27F2N3O2/c1-26(2)12-15(9-17(29)13-26)19-7-8-30-14-16(19)10-24(33)23-6-5-21(27)25(31-23)20-4-3-18(32)11-22(20)28/h3-8,11,14-15,17,32H,9-10,12-13,29H2,1-2H3/t15-,17+/m0/s1. The fourth-order valence-electron chi connectivity index (χ4n) is 4.96. The van der Waals surface area contributed by atoms with Crippen LogP contribution in [0, 0.1) is 17.0 Å². The molecule has 0 bridgehead atoms. The molecule has 2 aromatic heterocycles. The van der Waals surface area contributed by atoms with E-state index in [9.17, 15) is 18.7 Å². The molecular formula is C26H27F2N3O2. The Morgan fingerprint density at radius 2 is 1.94 bits per heavy atom. The Balaban J connectivity index is 1.62. The number of ketones is 1. The molecule has 5 nitrogen and oxygen atoms in total. The van der Waals surface area contributed by atoms with E-state index in [1.54, 1.807) is 12.4 Å². The zero-order valence-corrected chi connectivity index (χ0v) is 18.7. The Labute approximate surface area is 191 Å².